The molecule has 0 spiro atoms. The summed E-state index contributed by atoms with van der Waals surface area (Å²) in [5.74, 6) is 3.01. The second kappa shape index (κ2) is 7.91. The van der Waals surface area contributed by atoms with E-state index in [4.69, 9.17) is 0 Å². The molecule has 2 aromatic heterocycles. The summed E-state index contributed by atoms with van der Waals surface area (Å²) in [5.41, 5.74) is 3.15. The maximum Gasteiger partial charge on any atom is 0.256 e. The van der Waals surface area contributed by atoms with Gasteiger partial charge in [0.05, 0.1) is 36.4 Å². The van der Waals surface area contributed by atoms with Gasteiger partial charge in [-0.05, 0) is 18.2 Å². The van der Waals surface area contributed by atoms with Crippen LogP contribution in [0.25, 0.3) is 5.69 Å². The van der Waals surface area contributed by atoms with Crippen molar-refractivity contribution in [1.29, 1.82) is 0 Å². The molecule has 0 radical (unpaired) electrons. The van der Waals surface area contributed by atoms with Crippen LogP contribution in [0.1, 0.15) is 0 Å². The van der Waals surface area contributed by atoms with Crippen LogP contribution in [0, 0.1) is 0 Å². The number of thioether (sulfide) groups is 1. The number of piperazine rings is 1. The SMILES string of the molecule is O=C(C1=CC2=CC=C[N@@+]2(N2CCN(c3nccn3-c3cccnc3)CC2)C1)N1CCSC1. The number of hydrogen-bond donors (Lipinski definition) is 0. The van der Waals surface area contributed by atoms with E-state index in [9.17, 15) is 4.79 Å². The van der Waals surface area contributed by atoms with Crippen LogP contribution in [-0.4, -0.2) is 85.8 Å². The number of quaternary nitrogens is 1. The Morgan fingerprint density at radius 2 is 2.03 bits per heavy atom. The molecule has 4 aliphatic rings. The van der Waals surface area contributed by atoms with Gasteiger partial charge >= 0.3 is 0 Å². The number of allylic oxidation sites excluding steroid dienone is 3. The molecule has 8 nitrogen and oxygen atoms in total. The standard InChI is InChI=1S/C23H26N7OS/c31-22(27-12-14-32-18-27)19-15-21-4-2-13-30(21,17-19)28-10-8-26(9-11-28)23-25-6-7-29(23)20-3-1-5-24-16-20/h1-7,13,15-16H,8-12,14,17-18H2/q+1/t30-/m1/s1. The quantitative estimate of drug-likeness (QED) is 0.667. The first-order chi connectivity index (χ1) is 15.7. The third kappa shape index (κ3) is 3.19. The van der Waals surface area contributed by atoms with Crippen molar-refractivity contribution in [2.45, 2.75) is 0 Å². The molecule has 9 heteroatoms. The molecular weight excluding hydrogens is 422 g/mol. The molecule has 2 fully saturated rings. The van der Waals surface area contributed by atoms with Crippen LogP contribution in [0.4, 0.5) is 5.95 Å². The molecule has 6 rings (SSSR count). The Bertz CT molecular complexity index is 1110. The zero-order valence-corrected chi connectivity index (χ0v) is 18.7. The number of carbonyl (C=O) groups is 1. The molecule has 1 amide bonds. The Morgan fingerprint density at radius 3 is 2.81 bits per heavy atom. The first-order valence-electron chi connectivity index (χ1n) is 11.0. The summed E-state index contributed by atoms with van der Waals surface area (Å²) in [4.78, 5) is 26.2. The average molecular weight is 449 g/mol. The zero-order valence-electron chi connectivity index (χ0n) is 17.9. The number of rotatable bonds is 4. The Kier molecular flexibility index (Phi) is 4.89. The van der Waals surface area contributed by atoms with Gasteiger partial charge in [-0.3, -0.25) is 14.3 Å². The van der Waals surface area contributed by atoms with E-state index in [0.29, 0.717) is 11.1 Å². The van der Waals surface area contributed by atoms with Crippen LogP contribution in [0.3, 0.4) is 0 Å². The van der Waals surface area contributed by atoms with Crippen LogP contribution >= 0.6 is 11.8 Å². The van der Waals surface area contributed by atoms with Crippen LogP contribution < -0.4 is 4.90 Å². The lowest BCUT2D eigenvalue weighted by molar-refractivity contribution is -0.948. The Morgan fingerprint density at radius 1 is 1.12 bits per heavy atom. The van der Waals surface area contributed by atoms with E-state index in [2.05, 4.69) is 48.9 Å². The second-order valence-corrected chi connectivity index (χ2v) is 9.52. The number of amides is 1. The minimum Gasteiger partial charge on any atom is -0.339 e. The van der Waals surface area contributed by atoms with Gasteiger partial charge in [0, 0.05) is 56.1 Å². The second-order valence-electron chi connectivity index (χ2n) is 8.44. The van der Waals surface area contributed by atoms with E-state index < -0.39 is 0 Å². The van der Waals surface area contributed by atoms with E-state index in [1.165, 1.54) is 5.70 Å². The third-order valence-corrected chi connectivity index (χ3v) is 7.65. The molecule has 4 aliphatic heterocycles. The minimum absolute atomic E-state index is 0.202. The lowest BCUT2D eigenvalue weighted by atomic mass is 10.2. The molecule has 0 N–H and O–H groups in total. The van der Waals surface area contributed by atoms with Crippen LogP contribution in [0.15, 0.2) is 72.6 Å². The van der Waals surface area contributed by atoms with Gasteiger partial charge in [0.2, 0.25) is 5.95 Å². The normalized spacial score (nSPS) is 25.2. The van der Waals surface area contributed by atoms with Gasteiger partial charge in [0.15, 0.2) is 5.70 Å². The number of pyridine rings is 1. The minimum atomic E-state index is 0.202. The van der Waals surface area contributed by atoms with E-state index in [-0.39, 0.29) is 5.91 Å². The zero-order chi connectivity index (χ0) is 21.5. The number of hydrogen-bond acceptors (Lipinski definition) is 6. The topological polar surface area (TPSA) is 57.5 Å². The van der Waals surface area contributed by atoms with Crippen LogP contribution in [-0.2, 0) is 4.79 Å². The number of fused-ring (bicyclic) bond motifs is 1. The predicted molar refractivity (Wildman–Crippen MR) is 125 cm³/mol. The molecule has 1 atom stereocenters. The average Bonchev–Trinajstić information content (AvgIpc) is 3.63. The molecule has 0 saturated carbocycles. The fourth-order valence-corrected chi connectivity index (χ4v) is 5.98. The van der Waals surface area contributed by atoms with E-state index >= 15 is 0 Å². The molecular formula is C23H26N7OS+. The third-order valence-electron chi connectivity index (χ3n) is 6.68. The van der Waals surface area contributed by atoms with Crippen molar-refractivity contribution < 1.29 is 9.39 Å². The molecule has 0 unspecified atom stereocenters. The first-order valence-corrected chi connectivity index (χ1v) is 12.2. The maximum atomic E-state index is 13.0. The fraction of sp³-hybridized carbons (Fsp3) is 0.348. The highest BCUT2D eigenvalue weighted by molar-refractivity contribution is 7.99. The number of anilines is 1. The van der Waals surface area contributed by atoms with Crippen molar-refractivity contribution in [3.8, 4) is 5.69 Å². The highest BCUT2D eigenvalue weighted by atomic mass is 32.2. The Balaban J connectivity index is 1.17. The van der Waals surface area contributed by atoms with Gasteiger partial charge in [-0.2, -0.15) is 4.59 Å². The van der Waals surface area contributed by atoms with Gasteiger partial charge in [0.25, 0.3) is 5.91 Å². The maximum absolute atomic E-state index is 13.0. The molecule has 2 aromatic rings. The molecule has 32 heavy (non-hydrogen) atoms. The monoisotopic (exact) mass is 448 g/mol. The lowest BCUT2D eigenvalue weighted by Gasteiger charge is -2.44. The van der Waals surface area contributed by atoms with E-state index in [0.717, 1.165) is 61.6 Å². The van der Waals surface area contributed by atoms with Crippen molar-refractivity contribution in [1.82, 2.24) is 24.4 Å². The Labute approximate surface area is 191 Å². The van der Waals surface area contributed by atoms with Gasteiger partial charge in [0.1, 0.15) is 12.7 Å². The highest BCUT2D eigenvalue weighted by Gasteiger charge is 2.48. The van der Waals surface area contributed by atoms with Crippen LogP contribution in [0.2, 0.25) is 0 Å². The summed E-state index contributed by atoms with van der Waals surface area (Å²) in [6.07, 6.45) is 16.1. The van der Waals surface area contributed by atoms with Gasteiger partial charge in [-0.25, -0.2) is 4.98 Å². The summed E-state index contributed by atoms with van der Waals surface area (Å²) in [6, 6.07) is 3.99. The summed E-state index contributed by atoms with van der Waals surface area (Å²) < 4.78 is 2.74. The van der Waals surface area contributed by atoms with Gasteiger partial charge in [-0.1, -0.05) is 0 Å². The summed E-state index contributed by atoms with van der Waals surface area (Å²) in [5, 5.41) is 2.48. The van der Waals surface area contributed by atoms with Gasteiger partial charge < -0.3 is 9.80 Å². The van der Waals surface area contributed by atoms with Crippen molar-refractivity contribution in [2.24, 2.45) is 0 Å². The first kappa shape index (κ1) is 19.8. The molecule has 2 saturated heterocycles. The Hall–Kier alpha value is -2.88. The smallest absolute Gasteiger partial charge is 0.256 e. The lowest BCUT2D eigenvalue weighted by Crippen LogP contribution is -2.60. The summed E-state index contributed by atoms with van der Waals surface area (Å²) in [7, 11) is 0. The number of aromatic nitrogens is 3. The van der Waals surface area contributed by atoms with E-state index in [1.54, 1.807) is 6.20 Å². The molecule has 164 valence electrons. The van der Waals surface area contributed by atoms with E-state index in [1.807, 2.05) is 47.4 Å². The number of nitrogens with zero attached hydrogens (tertiary/aromatic N) is 7. The number of imidazole rings is 1. The fourth-order valence-electron chi connectivity index (χ4n) is 5.03. The highest BCUT2D eigenvalue weighted by Crippen LogP contribution is 2.38. The summed E-state index contributed by atoms with van der Waals surface area (Å²) in [6.45, 7) is 5.13. The van der Waals surface area contributed by atoms with Gasteiger partial charge in [-0.15, -0.1) is 16.8 Å². The van der Waals surface area contributed by atoms with Crippen molar-refractivity contribution in [3.05, 3.63) is 72.6 Å². The van der Waals surface area contributed by atoms with Crippen LogP contribution in [0.5, 0.6) is 0 Å². The van der Waals surface area contributed by atoms with Crippen molar-refractivity contribution in [3.63, 3.8) is 0 Å². The predicted octanol–water partition coefficient (Wildman–Crippen LogP) is 2.01. The largest absolute Gasteiger partial charge is 0.339 e. The van der Waals surface area contributed by atoms with Crippen molar-refractivity contribution >= 4 is 23.6 Å². The molecule has 0 bridgehead atoms. The summed E-state index contributed by atoms with van der Waals surface area (Å²) >= 11 is 1.83. The molecule has 0 aliphatic carbocycles. The van der Waals surface area contributed by atoms with Crippen molar-refractivity contribution in [2.75, 3.05) is 55.8 Å². The molecule has 0 aromatic carbocycles. The number of carbonyl (C=O) groups excluding carboxylic acids is 1. The molecule has 6 heterocycles.